The SMILES string of the molecule is C=CCCC(C(=S)SCC)C(O)C(C)C. The maximum atomic E-state index is 10.1. The Hall–Kier alpha value is 0.140. The summed E-state index contributed by atoms with van der Waals surface area (Å²) in [5.74, 6) is 1.37. The zero-order chi connectivity index (χ0) is 11.8. The largest absolute Gasteiger partial charge is 0.392 e. The molecule has 0 aliphatic carbocycles. The van der Waals surface area contributed by atoms with E-state index in [0.29, 0.717) is 0 Å². The molecule has 2 atom stereocenters. The number of allylic oxidation sites excluding steroid dienone is 1. The third kappa shape index (κ3) is 5.69. The monoisotopic (exact) mass is 246 g/mol. The van der Waals surface area contributed by atoms with Crippen LogP contribution in [0.4, 0.5) is 0 Å². The maximum Gasteiger partial charge on any atom is 0.0645 e. The van der Waals surface area contributed by atoms with Crippen molar-refractivity contribution < 1.29 is 5.11 Å². The Bertz CT molecular complexity index is 202. The predicted octanol–water partition coefficient (Wildman–Crippen LogP) is 3.67. The summed E-state index contributed by atoms with van der Waals surface area (Å²) in [6.45, 7) is 9.86. The number of aliphatic hydroxyl groups is 1. The number of thiocarbonyl (C=S) groups is 1. The van der Waals surface area contributed by atoms with Crippen LogP contribution in [0.15, 0.2) is 12.7 Å². The van der Waals surface area contributed by atoms with Gasteiger partial charge in [0, 0.05) is 5.92 Å². The van der Waals surface area contributed by atoms with Crippen molar-refractivity contribution in [3.8, 4) is 0 Å². The molecule has 0 aromatic rings. The number of hydrogen-bond acceptors (Lipinski definition) is 3. The van der Waals surface area contributed by atoms with Gasteiger partial charge in [0.25, 0.3) is 0 Å². The van der Waals surface area contributed by atoms with Crippen LogP contribution in [0.2, 0.25) is 0 Å². The van der Waals surface area contributed by atoms with Gasteiger partial charge in [-0.2, -0.15) is 0 Å². The first-order valence-corrected chi connectivity index (χ1v) is 6.89. The maximum absolute atomic E-state index is 10.1. The molecule has 0 aromatic heterocycles. The van der Waals surface area contributed by atoms with E-state index < -0.39 is 0 Å². The standard InChI is InChI=1S/C12H22OS2/c1-5-7-8-10(11(13)9(3)4)12(14)15-6-2/h5,9-11,13H,1,6-8H2,2-4H3. The molecule has 88 valence electrons. The molecule has 3 heteroatoms. The topological polar surface area (TPSA) is 20.2 Å². The van der Waals surface area contributed by atoms with E-state index >= 15 is 0 Å². The smallest absolute Gasteiger partial charge is 0.0645 e. The predicted molar refractivity (Wildman–Crippen MR) is 74.5 cm³/mol. The average Bonchev–Trinajstić information content (AvgIpc) is 2.18. The summed E-state index contributed by atoms with van der Waals surface area (Å²) in [5.41, 5.74) is 0. The molecule has 0 saturated heterocycles. The second-order valence-electron chi connectivity index (χ2n) is 3.96. The first-order chi connectivity index (χ1) is 7.04. The van der Waals surface area contributed by atoms with E-state index in [2.05, 4.69) is 13.5 Å². The van der Waals surface area contributed by atoms with E-state index in [1.54, 1.807) is 11.8 Å². The van der Waals surface area contributed by atoms with Crippen LogP contribution in [0.3, 0.4) is 0 Å². The van der Waals surface area contributed by atoms with Gasteiger partial charge in [-0.3, -0.25) is 0 Å². The average molecular weight is 246 g/mol. The van der Waals surface area contributed by atoms with E-state index in [4.69, 9.17) is 12.2 Å². The van der Waals surface area contributed by atoms with Gasteiger partial charge >= 0.3 is 0 Å². The lowest BCUT2D eigenvalue weighted by atomic mass is 9.91. The summed E-state index contributed by atoms with van der Waals surface area (Å²) in [5, 5.41) is 10.1. The summed E-state index contributed by atoms with van der Waals surface area (Å²) >= 11 is 7.02. The second-order valence-corrected chi connectivity index (χ2v) is 5.96. The summed E-state index contributed by atoms with van der Waals surface area (Å²) in [6.07, 6.45) is 3.39. The van der Waals surface area contributed by atoms with Gasteiger partial charge in [0.15, 0.2) is 0 Å². The van der Waals surface area contributed by atoms with E-state index in [0.717, 1.165) is 22.8 Å². The molecule has 0 spiro atoms. The molecule has 0 fully saturated rings. The van der Waals surface area contributed by atoms with Crippen LogP contribution >= 0.6 is 24.0 Å². The molecule has 0 heterocycles. The van der Waals surface area contributed by atoms with Crippen LogP contribution in [0.25, 0.3) is 0 Å². The molecule has 0 aliphatic heterocycles. The highest BCUT2D eigenvalue weighted by Crippen LogP contribution is 2.25. The molecular formula is C12H22OS2. The fourth-order valence-corrected chi connectivity index (χ4v) is 2.81. The zero-order valence-corrected chi connectivity index (χ0v) is 11.5. The number of thioether (sulfide) groups is 1. The quantitative estimate of drug-likeness (QED) is 0.547. The fraction of sp³-hybridized carbons (Fsp3) is 0.750. The minimum absolute atomic E-state index is 0.128. The zero-order valence-electron chi connectivity index (χ0n) is 9.90. The van der Waals surface area contributed by atoms with Gasteiger partial charge in [0.05, 0.1) is 10.3 Å². The molecule has 0 radical (unpaired) electrons. The van der Waals surface area contributed by atoms with Gasteiger partial charge in [0.1, 0.15) is 0 Å². The molecule has 2 unspecified atom stereocenters. The number of hydrogen-bond donors (Lipinski definition) is 1. The van der Waals surface area contributed by atoms with Crippen molar-refractivity contribution in [3.05, 3.63) is 12.7 Å². The first-order valence-electron chi connectivity index (χ1n) is 5.50. The number of rotatable bonds is 7. The molecule has 0 aliphatic rings. The Balaban J connectivity index is 4.41. The third-order valence-corrected chi connectivity index (χ3v) is 3.90. The minimum Gasteiger partial charge on any atom is -0.392 e. The highest BCUT2D eigenvalue weighted by Gasteiger charge is 2.25. The molecule has 1 N–H and O–H groups in total. The van der Waals surface area contributed by atoms with Crippen molar-refractivity contribution in [1.82, 2.24) is 0 Å². The Morgan fingerprint density at radius 3 is 2.53 bits per heavy atom. The third-order valence-electron chi connectivity index (χ3n) is 2.37. The van der Waals surface area contributed by atoms with Crippen LogP contribution in [-0.4, -0.2) is 21.2 Å². The highest BCUT2D eigenvalue weighted by atomic mass is 32.2. The Labute approximate surface area is 103 Å². The van der Waals surface area contributed by atoms with Crippen LogP contribution < -0.4 is 0 Å². The van der Waals surface area contributed by atoms with Crippen LogP contribution in [0.1, 0.15) is 33.6 Å². The van der Waals surface area contributed by atoms with E-state index in [1.807, 2.05) is 19.9 Å². The highest BCUT2D eigenvalue weighted by molar-refractivity contribution is 8.23. The normalized spacial score (nSPS) is 15.0. The summed E-state index contributed by atoms with van der Waals surface area (Å²) in [4.78, 5) is 0. The van der Waals surface area contributed by atoms with E-state index in [9.17, 15) is 5.11 Å². The molecule has 0 saturated carbocycles. The second kappa shape index (κ2) is 8.31. The summed E-state index contributed by atoms with van der Waals surface area (Å²) < 4.78 is 0.945. The summed E-state index contributed by atoms with van der Waals surface area (Å²) in [6, 6.07) is 0. The van der Waals surface area contributed by atoms with Gasteiger partial charge < -0.3 is 5.11 Å². The number of aliphatic hydroxyl groups excluding tert-OH is 1. The molecule has 0 amide bonds. The molecule has 0 aromatic carbocycles. The van der Waals surface area contributed by atoms with Crippen molar-refractivity contribution in [2.45, 2.75) is 39.7 Å². The Morgan fingerprint density at radius 2 is 2.13 bits per heavy atom. The molecule has 1 nitrogen and oxygen atoms in total. The van der Waals surface area contributed by atoms with Crippen molar-refractivity contribution in [3.63, 3.8) is 0 Å². The first kappa shape index (κ1) is 15.1. The van der Waals surface area contributed by atoms with Crippen molar-refractivity contribution in [2.75, 3.05) is 5.75 Å². The lowest BCUT2D eigenvalue weighted by Gasteiger charge is -2.25. The van der Waals surface area contributed by atoms with Crippen molar-refractivity contribution in [2.24, 2.45) is 11.8 Å². The van der Waals surface area contributed by atoms with Crippen molar-refractivity contribution >= 4 is 28.2 Å². The molecule has 0 rings (SSSR count). The van der Waals surface area contributed by atoms with E-state index in [-0.39, 0.29) is 17.9 Å². The lowest BCUT2D eigenvalue weighted by molar-refractivity contribution is 0.0905. The van der Waals surface area contributed by atoms with Crippen LogP contribution in [0.5, 0.6) is 0 Å². The van der Waals surface area contributed by atoms with Crippen molar-refractivity contribution in [1.29, 1.82) is 0 Å². The van der Waals surface area contributed by atoms with Crippen LogP contribution in [-0.2, 0) is 0 Å². The lowest BCUT2D eigenvalue weighted by Crippen LogP contribution is -2.30. The minimum atomic E-state index is -0.323. The van der Waals surface area contributed by atoms with Gasteiger partial charge in [-0.25, -0.2) is 0 Å². The van der Waals surface area contributed by atoms with Gasteiger partial charge in [-0.1, -0.05) is 39.1 Å². The van der Waals surface area contributed by atoms with Gasteiger partial charge in [-0.15, -0.1) is 18.3 Å². The molecule has 0 bridgehead atoms. The summed E-state index contributed by atoms with van der Waals surface area (Å²) in [7, 11) is 0. The molecule has 15 heavy (non-hydrogen) atoms. The van der Waals surface area contributed by atoms with E-state index in [1.165, 1.54) is 0 Å². The molecular weight excluding hydrogens is 224 g/mol. The Morgan fingerprint density at radius 1 is 1.53 bits per heavy atom. The Kier molecular flexibility index (Phi) is 8.39. The van der Waals surface area contributed by atoms with Gasteiger partial charge in [0.2, 0.25) is 0 Å². The fourth-order valence-electron chi connectivity index (χ4n) is 1.44. The van der Waals surface area contributed by atoms with Gasteiger partial charge in [-0.05, 0) is 24.5 Å². The van der Waals surface area contributed by atoms with Crippen LogP contribution in [0, 0.1) is 11.8 Å².